The molecule has 140 valence electrons. The van der Waals surface area contributed by atoms with Crippen LogP contribution in [0.4, 0.5) is 0 Å². The lowest BCUT2D eigenvalue weighted by Gasteiger charge is -2.34. The van der Waals surface area contributed by atoms with E-state index in [1.54, 1.807) is 0 Å². The molecule has 1 aliphatic rings. The smallest absolute Gasteiger partial charge is 0.133 e. The van der Waals surface area contributed by atoms with Crippen LogP contribution in [0.3, 0.4) is 0 Å². The van der Waals surface area contributed by atoms with Gasteiger partial charge in [-0.3, -0.25) is 4.90 Å². The minimum absolute atomic E-state index is 0.591. The SMILES string of the molecule is CCCC(=N)CCN1CCc2cc(-n3ncc4ccccc43)ccc2C1O. The van der Waals surface area contributed by atoms with Crippen LogP contribution in [0.2, 0.25) is 0 Å². The molecule has 1 atom stereocenters. The Kier molecular flexibility index (Phi) is 5.05. The summed E-state index contributed by atoms with van der Waals surface area (Å²) in [5.74, 6) is 0. The quantitative estimate of drug-likeness (QED) is 0.649. The van der Waals surface area contributed by atoms with Crippen molar-refractivity contribution in [3.05, 3.63) is 59.8 Å². The van der Waals surface area contributed by atoms with Crippen LogP contribution in [-0.4, -0.2) is 38.6 Å². The second-order valence-electron chi connectivity index (χ2n) is 7.26. The molecule has 1 aromatic heterocycles. The first-order valence-corrected chi connectivity index (χ1v) is 9.71. The standard InChI is InChI=1S/C22H26N4O/c1-2-5-18(23)11-13-25-12-10-16-14-19(8-9-20(16)22(25)27)26-21-7-4-3-6-17(21)15-24-26/h3-4,6-9,14-15,22-23,27H,2,5,10-13H2,1H3. The Balaban J connectivity index is 1.55. The summed E-state index contributed by atoms with van der Waals surface area (Å²) in [4.78, 5) is 2.08. The first-order valence-electron chi connectivity index (χ1n) is 9.71. The molecule has 0 saturated carbocycles. The summed E-state index contributed by atoms with van der Waals surface area (Å²) < 4.78 is 1.96. The van der Waals surface area contributed by atoms with Crippen molar-refractivity contribution in [3.8, 4) is 5.69 Å². The maximum atomic E-state index is 10.8. The summed E-state index contributed by atoms with van der Waals surface area (Å²) >= 11 is 0. The molecule has 1 unspecified atom stereocenters. The number of nitrogens with one attached hydrogen (secondary N) is 1. The molecule has 0 saturated heterocycles. The van der Waals surface area contributed by atoms with Gasteiger partial charge in [0.05, 0.1) is 17.4 Å². The van der Waals surface area contributed by atoms with Gasteiger partial charge in [-0.2, -0.15) is 5.10 Å². The maximum Gasteiger partial charge on any atom is 0.133 e. The van der Waals surface area contributed by atoms with E-state index >= 15 is 0 Å². The van der Waals surface area contributed by atoms with E-state index in [0.717, 1.165) is 66.6 Å². The lowest BCUT2D eigenvalue weighted by atomic mass is 9.97. The number of rotatable bonds is 6. The third-order valence-corrected chi connectivity index (χ3v) is 5.39. The number of aliphatic hydroxyl groups excluding tert-OH is 1. The third-order valence-electron chi connectivity index (χ3n) is 5.39. The van der Waals surface area contributed by atoms with E-state index < -0.39 is 6.23 Å². The number of fused-ring (bicyclic) bond motifs is 2. The van der Waals surface area contributed by atoms with Crippen molar-refractivity contribution in [1.82, 2.24) is 14.7 Å². The molecule has 0 amide bonds. The maximum absolute atomic E-state index is 10.8. The van der Waals surface area contributed by atoms with Crippen molar-refractivity contribution in [2.45, 2.75) is 38.8 Å². The largest absolute Gasteiger partial charge is 0.374 e. The molecule has 0 spiro atoms. The van der Waals surface area contributed by atoms with Crippen LogP contribution >= 0.6 is 0 Å². The molecule has 5 heteroatoms. The highest BCUT2D eigenvalue weighted by Crippen LogP contribution is 2.30. The van der Waals surface area contributed by atoms with Gasteiger partial charge in [0.25, 0.3) is 0 Å². The van der Waals surface area contributed by atoms with Crippen LogP contribution < -0.4 is 0 Å². The Morgan fingerprint density at radius 3 is 2.93 bits per heavy atom. The molecule has 0 radical (unpaired) electrons. The van der Waals surface area contributed by atoms with Gasteiger partial charge in [-0.15, -0.1) is 0 Å². The summed E-state index contributed by atoms with van der Waals surface area (Å²) in [5, 5.41) is 24.4. The Morgan fingerprint density at radius 2 is 2.07 bits per heavy atom. The molecule has 2 N–H and O–H groups in total. The average Bonchev–Trinajstić information content (AvgIpc) is 3.11. The lowest BCUT2D eigenvalue weighted by Crippen LogP contribution is -2.36. The molecule has 0 fully saturated rings. The molecular formula is C22H26N4O. The van der Waals surface area contributed by atoms with Crippen LogP contribution in [0.5, 0.6) is 0 Å². The fourth-order valence-electron chi connectivity index (χ4n) is 3.89. The Morgan fingerprint density at radius 1 is 1.22 bits per heavy atom. The van der Waals surface area contributed by atoms with Gasteiger partial charge in [0.15, 0.2) is 0 Å². The average molecular weight is 362 g/mol. The molecule has 1 aliphatic heterocycles. The molecule has 2 aromatic carbocycles. The number of aromatic nitrogens is 2. The Hall–Kier alpha value is -2.50. The van der Waals surface area contributed by atoms with E-state index in [4.69, 9.17) is 5.41 Å². The molecule has 2 heterocycles. The van der Waals surface area contributed by atoms with Gasteiger partial charge < -0.3 is 10.5 Å². The summed E-state index contributed by atoms with van der Waals surface area (Å²) in [6, 6.07) is 14.4. The second-order valence-corrected chi connectivity index (χ2v) is 7.26. The highest BCUT2D eigenvalue weighted by Gasteiger charge is 2.25. The van der Waals surface area contributed by atoms with Crippen molar-refractivity contribution < 1.29 is 5.11 Å². The number of aliphatic hydroxyl groups is 1. The zero-order valence-corrected chi connectivity index (χ0v) is 15.7. The predicted molar refractivity (Wildman–Crippen MR) is 109 cm³/mol. The third kappa shape index (κ3) is 3.53. The molecule has 5 nitrogen and oxygen atoms in total. The lowest BCUT2D eigenvalue weighted by molar-refractivity contribution is -0.00451. The summed E-state index contributed by atoms with van der Waals surface area (Å²) in [6.45, 7) is 3.66. The fourth-order valence-corrected chi connectivity index (χ4v) is 3.89. The van der Waals surface area contributed by atoms with E-state index in [9.17, 15) is 5.11 Å². The topological polar surface area (TPSA) is 65.1 Å². The summed E-state index contributed by atoms with van der Waals surface area (Å²) in [7, 11) is 0. The normalized spacial score (nSPS) is 17.2. The zero-order valence-electron chi connectivity index (χ0n) is 15.7. The highest BCUT2D eigenvalue weighted by molar-refractivity contribution is 5.81. The number of para-hydroxylation sites is 1. The van der Waals surface area contributed by atoms with Crippen molar-refractivity contribution >= 4 is 16.6 Å². The van der Waals surface area contributed by atoms with Gasteiger partial charge in [0.2, 0.25) is 0 Å². The van der Waals surface area contributed by atoms with E-state index in [-0.39, 0.29) is 0 Å². The van der Waals surface area contributed by atoms with Crippen molar-refractivity contribution in [2.75, 3.05) is 13.1 Å². The van der Waals surface area contributed by atoms with E-state index in [2.05, 4.69) is 35.1 Å². The van der Waals surface area contributed by atoms with Crippen LogP contribution in [0.15, 0.2) is 48.7 Å². The molecule has 4 rings (SSSR count). The second kappa shape index (κ2) is 7.62. The molecule has 0 aliphatic carbocycles. The van der Waals surface area contributed by atoms with E-state index in [1.165, 1.54) is 5.56 Å². The zero-order chi connectivity index (χ0) is 18.8. The molecule has 27 heavy (non-hydrogen) atoms. The van der Waals surface area contributed by atoms with Crippen molar-refractivity contribution in [3.63, 3.8) is 0 Å². The number of hydrogen-bond donors (Lipinski definition) is 2. The van der Waals surface area contributed by atoms with Gasteiger partial charge >= 0.3 is 0 Å². The van der Waals surface area contributed by atoms with Crippen LogP contribution in [0.25, 0.3) is 16.6 Å². The van der Waals surface area contributed by atoms with E-state index in [1.807, 2.05) is 35.1 Å². The summed E-state index contributed by atoms with van der Waals surface area (Å²) in [5.41, 5.74) is 5.05. The minimum Gasteiger partial charge on any atom is -0.374 e. The first kappa shape index (κ1) is 17.9. The molecular weight excluding hydrogens is 336 g/mol. The molecule has 3 aromatic rings. The van der Waals surface area contributed by atoms with Crippen LogP contribution in [0.1, 0.15) is 43.5 Å². The van der Waals surface area contributed by atoms with E-state index in [0.29, 0.717) is 0 Å². The summed E-state index contributed by atoms with van der Waals surface area (Å²) in [6.07, 6.45) is 4.79. The monoisotopic (exact) mass is 362 g/mol. The van der Waals surface area contributed by atoms with Crippen LogP contribution in [0, 0.1) is 5.41 Å². The Bertz CT molecular complexity index is 962. The van der Waals surface area contributed by atoms with Crippen molar-refractivity contribution in [2.24, 2.45) is 0 Å². The fraction of sp³-hybridized carbons (Fsp3) is 0.364. The number of nitrogens with zero attached hydrogens (tertiary/aromatic N) is 3. The highest BCUT2D eigenvalue weighted by atomic mass is 16.3. The van der Waals surface area contributed by atoms with Gasteiger partial charge in [-0.1, -0.05) is 37.6 Å². The van der Waals surface area contributed by atoms with Gasteiger partial charge in [-0.05, 0) is 48.6 Å². The number of hydrogen-bond acceptors (Lipinski definition) is 4. The predicted octanol–water partition coefficient (Wildman–Crippen LogP) is 4.08. The molecule has 0 bridgehead atoms. The Labute approximate surface area is 159 Å². The van der Waals surface area contributed by atoms with Gasteiger partial charge in [0.1, 0.15) is 6.23 Å². The van der Waals surface area contributed by atoms with Gasteiger partial charge in [-0.25, -0.2) is 4.68 Å². The first-order chi connectivity index (χ1) is 13.2. The van der Waals surface area contributed by atoms with Gasteiger partial charge in [0, 0.05) is 24.2 Å². The minimum atomic E-state index is -0.591. The van der Waals surface area contributed by atoms with Crippen LogP contribution in [-0.2, 0) is 6.42 Å². The number of benzene rings is 2. The van der Waals surface area contributed by atoms with Crippen molar-refractivity contribution in [1.29, 1.82) is 5.41 Å².